The van der Waals surface area contributed by atoms with E-state index in [1.165, 1.54) is 31.0 Å². The lowest BCUT2D eigenvalue weighted by molar-refractivity contribution is 0.257. The summed E-state index contributed by atoms with van der Waals surface area (Å²) in [5.41, 5.74) is 0. The van der Waals surface area contributed by atoms with Gasteiger partial charge in [0.1, 0.15) is 0 Å². The Bertz CT molecular complexity index is 191. The molecular formula is C10H18O3Si. The van der Waals surface area contributed by atoms with E-state index in [9.17, 15) is 0 Å². The molecule has 0 amide bonds. The molecule has 2 atom stereocenters. The molecular weight excluding hydrogens is 196 g/mol. The summed E-state index contributed by atoms with van der Waals surface area (Å²) in [6.45, 7) is 2.94. The second-order valence-electron chi connectivity index (χ2n) is 4.81. The minimum Gasteiger partial charge on any atom is -0.417 e. The van der Waals surface area contributed by atoms with Gasteiger partial charge in [-0.05, 0) is 24.6 Å². The van der Waals surface area contributed by atoms with Gasteiger partial charge in [-0.15, -0.1) is 0 Å². The molecule has 0 aliphatic carbocycles. The fraction of sp³-hybridized carbons (Fsp3) is 1.00. The first-order valence-electron chi connectivity index (χ1n) is 5.74. The van der Waals surface area contributed by atoms with Crippen LogP contribution in [0.25, 0.3) is 0 Å². The van der Waals surface area contributed by atoms with Crippen molar-refractivity contribution in [2.45, 2.75) is 43.2 Å². The highest BCUT2D eigenvalue weighted by molar-refractivity contribution is 6.74. The Morgan fingerprint density at radius 1 is 1.00 bits per heavy atom. The van der Waals surface area contributed by atoms with Crippen LogP contribution in [0.4, 0.5) is 0 Å². The Labute approximate surface area is 85.9 Å². The Hall–Kier alpha value is 0.0969. The molecule has 3 aliphatic heterocycles. The summed E-state index contributed by atoms with van der Waals surface area (Å²) in [7, 11) is -1.43. The van der Waals surface area contributed by atoms with Crippen LogP contribution in [0.3, 0.4) is 0 Å². The Kier molecular flexibility index (Phi) is 2.39. The molecule has 3 aliphatic rings. The third-order valence-electron chi connectivity index (χ3n) is 3.44. The predicted octanol–water partition coefficient (Wildman–Crippen LogP) is 1.54. The minimum absolute atomic E-state index is 0.540. The van der Waals surface area contributed by atoms with E-state index in [-0.39, 0.29) is 0 Å². The van der Waals surface area contributed by atoms with Crippen molar-refractivity contribution in [3.63, 3.8) is 0 Å². The molecule has 4 heteroatoms. The molecule has 3 heterocycles. The summed E-state index contributed by atoms with van der Waals surface area (Å²) in [6, 6.07) is 3.80. The van der Waals surface area contributed by atoms with Crippen molar-refractivity contribution in [1.82, 2.24) is 0 Å². The van der Waals surface area contributed by atoms with Crippen LogP contribution in [-0.4, -0.2) is 40.3 Å². The van der Waals surface area contributed by atoms with Crippen molar-refractivity contribution >= 4 is 8.32 Å². The Balaban J connectivity index is 1.62. The molecule has 0 aromatic heterocycles. The fourth-order valence-electron chi connectivity index (χ4n) is 2.52. The van der Waals surface area contributed by atoms with E-state index in [4.69, 9.17) is 13.9 Å². The van der Waals surface area contributed by atoms with Crippen molar-refractivity contribution in [2.24, 2.45) is 0 Å². The van der Waals surface area contributed by atoms with Crippen molar-refractivity contribution in [3.05, 3.63) is 0 Å². The molecule has 0 saturated carbocycles. The maximum Gasteiger partial charge on any atom is 0.198 e. The summed E-state index contributed by atoms with van der Waals surface area (Å²) < 4.78 is 16.9. The largest absolute Gasteiger partial charge is 0.417 e. The third kappa shape index (κ3) is 2.19. The first-order chi connectivity index (χ1) is 6.86. The van der Waals surface area contributed by atoms with Crippen LogP contribution in [0.15, 0.2) is 0 Å². The zero-order valence-electron chi connectivity index (χ0n) is 8.54. The number of hydrogen-bond donors (Lipinski definition) is 0. The number of ether oxygens (including phenoxy) is 2. The molecule has 0 N–H and O–H groups in total. The lowest BCUT2D eigenvalue weighted by atomic mass is 10.4. The number of hydrogen-bond acceptors (Lipinski definition) is 3. The summed E-state index contributed by atoms with van der Waals surface area (Å²) in [5, 5.41) is 0. The first kappa shape index (κ1) is 9.33. The van der Waals surface area contributed by atoms with Gasteiger partial charge in [0.2, 0.25) is 0 Å². The second kappa shape index (κ2) is 3.59. The van der Waals surface area contributed by atoms with Crippen LogP contribution in [0, 0.1) is 0 Å². The van der Waals surface area contributed by atoms with Crippen molar-refractivity contribution < 1.29 is 13.9 Å². The molecule has 2 unspecified atom stereocenters. The zero-order valence-corrected chi connectivity index (χ0v) is 9.54. The summed E-state index contributed by atoms with van der Waals surface area (Å²) in [6.07, 6.45) is 3.70. The SMILES string of the molecule is C1CC[Si](CC2CO2)(CC2CO2)OC1. The lowest BCUT2D eigenvalue weighted by Gasteiger charge is -2.34. The second-order valence-corrected chi connectivity index (χ2v) is 8.78. The molecule has 3 saturated heterocycles. The van der Waals surface area contributed by atoms with Gasteiger partial charge < -0.3 is 13.9 Å². The zero-order chi connectivity index (χ0) is 9.43. The van der Waals surface area contributed by atoms with E-state index in [1.54, 1.807) is 0 Å². The van der Waals surface area contributed by atoms with Gasteiger partial charge in [-0.3, -0.25) is 0 Å². The fourth-order valence-corrected chi connectivity index (χ4v) is 7.07. The van der Waals surface area contributed by atoms with Crippen LogP contribution in [-0.2, 0) is 13.9 Å². The van der Waals surface area contributed by atoms with Gasteiger partial charge in [0, 0.05) is 6.61 Å². The predicted molar refractivity (Wildman–Crippen MR) is 54.8 cm³/mol. The van der Waals surface area contributed by atoms with Gasteiger partial charge in [0.25, 0.3) is 0 Å². The molecule has 0 spiro atoms. The molecule has 80 valence electrons. The van der Waals surface area contributed by atoms with Crippen LogP contribution in [0.1, 0.15) is 12.8 Å². The smallest absolute Gasteiger partial charge is 0.198 e. The standard InChI is InChI=1S/C10H18O3Si/c1-2-4-14(13-3-1,7-9-5-11-9)8-10-6-12-10/h9-10H,1-8H2. The van der Waals surface area contributed by atoms with Gasteiger partial charge in [-0.25, -0.2) is 0 Å². The molecule has 0 aromatic carbocycles. The van der Waals surface area contributed by atoms with Crippen LogP contribution < -0.4 is 0 Å². The van der Waals surface area contributed by atoms with Gasteiger partial charge >= 0.3 is 0 Å². The normalized spacial score (nSPS) is 46.3. The molecule has 14 heavy (non-hydrogen) atoms. The van der Waals surface area contributed by atoms with Crippen LogP contribution in [0.5, 0.6) is 0 Å². The van der Waals surface area contributed by atoms with E-state index in [1.807, 2.05) is 0 Å². The molecule has 0 aromatic rings. The van der Waals surface area contributed by atoms with Gasteiger partial charge in [-0.1, -0.05) is 6.42 Å². The van der Waals surface area contributed by atoms with E-state index in [2.05, 4.69) is 0 Å². The van der Waals surface area contributed by atoms with Gasteiger partial charge in [-0.2, -0.15) is 0 Å². The molecule has 0 bridgehead atoms. The van der Waals surface area contributed by atoms with E-state index >= 15 is 0 Å². The number of rotatable bonds is 4. The highest BCUT2D eigenvalue weighted by Crippen LogP contribution is 2.37. The Morgan fingerprint density at radius 3 is 2.07 bits per heavy atom. The molecule has 0 radical (unpaired) electrons. The van der Waals surface area contributed by atoms with E-state index in [0.29, 0.717) is 12.2 Å². The highest BCUT2D eigenvalue weighted by Gasteiger charge is 2.46. The van der Waals surface area contributed by atoms with Crippen molar-refractivity contribution in [3.8, 4) is 0 Å². The third-order valence-corrected chi connectivity index (χ3v) is 7.92. The molecule has 3 rings (SSSR count). The molecule has 3 nitrogen and oxygen atoms in total. The number of epoxide rings is 2. The Morgan fingerprint density at radius 2 is 1.64 bits per heavy atom. The van der Waals surface area contributed by atoms with E-state index < -0.39 is 8.32 Å². The maximum absolute atomic E-state index is 6.15. The van der Waals surface area contributed by atoms with Crippen LogP contribution in [0.2, 0.25) is 18.1 Å². The maximum atomic E-state index is 6.15. The monoisotopic (exact) mass is 214 g/mol. The average molecular weight is 214 g/mol. The lowest BCUT2D eigenvalue weighted by Crippen LogP contribution is -2.43. The average Bonchev–Trinajstić information content (AvgIpc) is 3.03. The van der Waals surface area contributed by atoms with Crippen molar-refractivity contribution in [1.29, 1.82) is 0 Å². The van der Waals surface area contributed by atoms with E-state index in [0.717, 1.165) is 19.8 Å². The topological polar surface area (TPSA) is 34.3 Å². The summed E-state index contributed by atoms with van der Waals surface area (Å²) in [4.78, 5) is 0. The molecule has 3 fully saturated rings. The summed E-state index contributed by atoms with van der Waals surface area (Å²) >= 11 is 0. The van der Waals surface area contributed by atoms with Gasteiger partial charge in [0.15, 0.2) is 8.32 Å². The summed E-state index contributed by atoms with van der Waals surface area (Å²) in [5.74, 6) is 0. The quantitative estimate of drug-likeness (QED) is 0.526. The van der Waals surface area contributed by atoms with Gasteiger partial charge in [0.05, 0.1) is 25.4 Å². The van der Waals surface area contributed by atoms with Crippen molar-refractivity contribution in [2.75, 3.05) is 19.8 Å². The minimum atomic E-state index is -1.43. The highest BCUT2D eigenvalue weighted by atomic mass is 28.4. The first-order valence-corrected chi connectivity index (χ1v) is 8.26. The van der Waals surface area contributed by atoms with Crippen LogP contribution >= 0.6 is 0 Å².